The molecule has 9 rings (SSSR count). The highest BCUT2D eigenvalue weighted by Crippen LogP contribution is 2.38. The molecule has 5 heterocycles. The van der Waals surface area contributed by atoms with Crippen LogP contribution in [0, 0.1) is 0 Å². The van der Waals surface area contributed by atoms with Crippen LogP contribution < -0.4 is 16.0 Å². The molecule has 228 valence electrons. The minimum Gasteiger partial charge on any atom is -0.378 e. The van der Waals surface area contributed by atoms with E-state index in [1.54, 1.807) is 0 Å². The molecule has 2 N–H and O–H groups in total. The van der Waals surface area contributed by atoms with Gasteiger partial charge in [-0.15, -0.1) is 0 Å². The Bertz CT molecular complexity index is 2400. The highest BCUT2D eigenvalue weighted by Gasteiger charge is 2.29. The van der Waals surface area contributed by atoms with Crippen LogP contribution in [0.5, 0.6) is 0 Å². The van der Waals surface area contributed by atoms with E-state index < -0.39 is 0 Å². The van der Waals surface area contributed by atoms with Gasteiger partial charge in [0, 0.05) is 38.7 Å². The number of rotatable bonds is 4. The number of aromatic amines is 1. The third-order valence-corrected chi connectivity index (χ3v) is 9.33. The largest absolute Gasteiger partial charge is 0.378 e. The summed E-state index contributed by atoms with van der Waals surface area (Å²) >= 11 is 0. The molecular formula is C44H32N4. The van der Waals surface area contributed by atoms with Crippen LogP contribution in [0.3, 0.4) is 0 Å². The summed E-state index contributed by atoms with van der Waals surface area (Å²) < 4.78 is 0. The van der Waals surface area contributed by atoms with Crippen molar-refractivity contribution in [3.8, 4) is 0 Å². The van der Waals surface area contributed by atoms with Crippen LogP contribution >= 0.6 is 0 Å². The van der Waals surface area contributed by atoms with Gasteiger partial charge in [-0.3, -0.25) is 0 Å². The fourth-order valence-corrected chi connectivity index (χ4v) is 7.17. The lowest BCUT2D eigenvalue weighted by Crippen LogP contribution is -2.25. The van der Waals surface area contributed by atoms with Crippen molar-refractivity contribution in [2.24, 2.45) is 9.98 Å². The van der Waals surface area contributed by atoms with Gasteiger partial charge in [0.05, 0.1) is 28.9 Å². The SMILES string of the molecule is C1=C/C2=C(\c3ccccc3)C3=CCC(N3)/C(c3ccccc3)=C3/C=CC(=N3)/C(c3ccccc3)=c3/cc/c([nH]3)=C(\c3ccccc3)C1=N2. The summed E-state index contributed by atoms with van der Waals surface area (Å²) in [5, 5.41) is 5.95. The molecule has 0 saturated heterocycles. The second-order valence-corrected chi connectivity index (χ2v) is 12.3. The van der Waals surface area contributed by atoms with Gasteiger partial charge in [0.1, 0.15) is 0 Å². The first-order valence-electron chi connectivity index (χ1n) is 16.5. The van der Waals surface area contributed by atoms with Gasteiger partial charge in [-0.05, 0) is 65.1 Å². The summed E-state index contributed by atoms with van der Waals surface area (Å²) in [5.41, 5.74) is 13.8. The minimum atomic E-state index is 0.0370. The number of fused-ring (bicyclic) bond motifs is 6. The number of aromatic nitrogens is 1. The molecule has 4 aliphatic rings. The third-order valence-electron chi connectivity index (χ3n) is 9.33. The van der Waals surface area contributed by atoms with E-state index in [0.29, 0.717) is 0 Å². The molecule has 1 unspecified atom stereocenters. The number of aliphatic imine (C=N–C) groups is 2. The van der Waals surface area contributed by atoms with Crippen LogP contribution in [-0.2, 0) is 0 Å². The zero-order valence-corrected chi connectivity index (χ0v) is 26.3. The molecule has 8 bridgehead atoms. The number of nitrogens with one attached hydrogen (secondary N) is 2. The molecule has 0 aliphatic carbocycles. The van der Waals surface area contributed by atoms with Crippen molar-refractivity contribution in [3.05, 3.63) is 214 Å². The van der Waals surface area contributed by atoms with Gasteiger partial charge in [-0.2, -0.15) is 0 Å². The van der Waals surface area contributed by atoms with Crippen LogP contribution in [0.4, 0.5) is 0 Å². The Morgan fingerprint density at radius 1 is 0.458 bits per heavy atom. The van der Waals surface area contributed by atoms with Crippen molar-refractivity contribution in [1.82, 2.24) is 10.3 Å². The van der Waals surface area contributed by atoms with Gasteiger partial charge in [-0.1, -0.05) is 127 Å². The summed E-state index contributed by atoms with van der Waals surface area (Å²) in [6, 6.07) is 46.7. The average molecular weight is 617 g/mol. The Hall–Kier alpha value is -6.26. The molecule has 5 aromatic rings. The molecule has 0 amide bonds. The van der Waals surface area contributed by atoms with Gasteiger partial charge in [0.25, 0.3) is 0 Å². The lowest BCUT2D eigenvalue weighted by molar-refractivity contribution is 0.759. The normalized spacial score (nSPS) is 23.5. The van der Waals surface area contributed by atoms with Gasteiger partial charge >= 0.3 is 0 Å². The zero-order chi connectivity index (χ0) is 31.9. The van der Waals surface area contributed by atoms with E-state index in [4.69, 9.17) is 9.98 Å². The molecule has 0 fully saturated rings. The van der Waals surface area contributed by atoms with E-state index in [9.17, 15) is 0 Å². The fraction of sp³-hybridized carbons (Fsp3) is 0.0455. The molecule has 4 aromatic carbocycles. The van der Waals surface area contributed by atoms with Crippen LogP contribution in [0.2, 0.25) is 0 Å². The van der Waals surface area contributed by atoms with Crippen molar-refractivity contribution in [1.29, 1.82) is 0 Å². The summed E-state index contributed by atoms with van der Waals surface area (Å²) in [6.45, 7) is 0. The summed E-state index contributed by atoms with van der Waals surface area (Å²) in [7, 11) is 0. The summed E-state index contributed by atoms with van der Waals surface area (Å²) in [5.74, 6) is 0. The fourth-order valence-electron chi connectivity index (χ4n) is 7.17. The number of benzene rings is 4. The van der Waals surface area contributed by atoms with Gasteiger partial charge < -0.3 is 10.3 Å². The molecule has 4 nitrogen and oxygen atoms in total. The topological polar surface area (TPSA) is 52.5 Å². The van der Waals surface area contributed by atoms with E-state index in [1.807, 2.05) is 0 Å². The van der Waals surface area contributed by atoms with Crippen LogP contribution in [-0.4, -0.2) is 22.4 Å². The van der Waals surface area contributed by atoms with Gasteiger partial charge in [-0.25, -0.2) is 9.98 Å². The minimum absolute atomic E-state index is 0.0370. The van der Waals surface area contributed by atoms with Gasteiger partial charge in [0.15, 0.2) is 0 Å². The van der Waals surface area contributed by atoms with Crippen LogP contribution in [0.25, 0.3) is 22.3 Å². The number of H-pyrrole nitrogens is 1. The highest BCUT2D eigenvalue weighted by atomic mass is 15.0. The first-order valence-corrected chi connectivity index (χ1v) is 16.5. The molecule has 1 atom stereocenters. The van der Waals surface area contributed by atoms with Crippen molar-refractivity contribution >= 4 is 33.7 Å². The van der Waals surface area contributed by atoms with E-state index in [1.165, 1.54) is 5.57 Å². The number of nitrogens with zero attached hydrogens (tertiary/aromatic N) is 2. The van der Waals surface area contributed by atoms with Crippen LogP contribution in [0.15, 0.2) is 191 Å². The Morgan fingerprint density at radius 2 is 0.917 bits per heavy atom. The molecule has 0 saturated carbocycles. The number of allylic oxidation sites excluding steroid dienone is 5. The zero-order valence-electron chi connectivity index (χ0n) is 26.3. The Morgan fingerprint density at radius 3 is 1.46 bits per heavy atom. The number of hydrogen-bond acceptors (Lipinski definition) is 3. The number of hydrogen-bond donors (Lipinski definition) is 2. The van der Waals surface area contributed by atoms with Crippen molar-refractivity contribution in [2.75, 3.05) is 0 Å². The maximum Gasteiger partial charge on any atom is 0.0737 e. The Labute approximate surface area is 279 Å². The quantitative estimate of drug-likeness (QED) is 0.216. The maximum absolute atomic E-state index is 5.39. The first-order chi connectivity index (χ1) is 23.8. The average Bonchev–Trinajstić information content (AvgIpc) is 3.98. The Balaban J connectivity index is 1.38. The first kappa shape index (κ1) is 28.0. The lowest BCUT2D eigenvalue weighted by atomic mass is 9.95. The summed E-state index contributed by atoms with van der Waals surface area (Å²) in [6.07, 6.45) is 11.8. The molecule has 1 aromatic heterocycles. The molecule has 0 spiro atoms. The third kappa shape index (κ3) is 4.95. The van der Waals surface area contributed by atoms with Crippen LogP contribution in [0.1, 0.15) is 28.7 Å². The molecule has 48 heavy (non-hydrogen) atoms. The van der Waals surface area contributed by atoms with E-state index >= 15 is 0 Å². The van der Waals surface area contributed by atoms with Crippen molar-refractivity contribution < 1.29 is 0 Å². The lowest BCUT2D eigenvalue weighted by Gasteiger charge is -2.21. The molecule has 4 aliphatic heterocycles. The highest BCUT2D eigenvalue weighted by molar-refractivity contribution is 6.31. The predicted octanol–water partition coefficient (Wildman–Crippen LogP) is 7.52. The smallest absolute Gasteiger partial charge is 0.0737 e. The second kappa shape index (κ2) is 11.8. The monoisotopic (exact) mass is 616 g/mol. The molecular weight excluding hydrogens is 585 g/mol. The standard InChI is InChI=1S/C44H32N4/c1-5-13-29(14-6-1)41-33-21-23-35(45-33)42(30-15-7-2-8-16-30)37-25-27-39(47-37)44(32-19-11-4-12-20-32)40-28-26-38(48-40)43(31-17-9-3-10-18-31)36-24-22-34(41)46-36/h1-27,40,45,48H,28H2/b41-33-,42-35-,43-36-,44-39-. The van der Waals surface area contributed by atoms with E-state index in [-0.39, 0.29) is 6.04 Å². The van der Waals surface area contributed by atoms with E-state index in [0.717, 1.165) is 84.6 Å². The summed E-state index contributed by atoms with van der Waals surface area (Å²) in [4.78, 5) is 14.6. The predicted molar refractivity (Wildman–Crippen MR) is 197 cm³/mol. The maximum atomic E-state index is 5.39. The van der Waals surface area contributed by atoms with Crippen molar-refractivity contribution in [3.63, 3.8) is 0 Å². The molecule has 0 radical (unpaired) electrons. The van der Waals surface area contributed by atoms with E-state index in [2.05, 4.69) is 174 Å². The van der Waals surface area contributed by atoms with Gasteiger partial charge in [0.2, 0.25) is 0 Å². The Kier molecular flexibility index (Phi) is 6.90. The van der Waals surface area contributed by atoms with Crippen molar-refractivity contribution in [2.45, 2.75) is 12.5 Å². The second-order valence-electron chi connectivity index (χ2n) is 12.3. The molecule has 4 heteroatoms.